The van der Waals surface area contributed by atoms with Crippen molar-refractivity contribution in [1.82, 2.24) is 10.2 Å². The maximum absolute atomic E-state index is 5.43. The molecule has 0 aliphatic carbocycles. The van der Waals surface area contributed by atoms with Gasteiger partial charge in [-0.3, -0.25) is 4.90 Å². The number of benzene rings is 1. The van der Waals surface area contributed by atoms with E-state index < -0.39 is 0 Å². The van der Waals surface area contributed by atoms with Gasteiger partial charge in [0.05, 0.1) is 0 Å². The fourth-order valence-electron chi connectivity index (χ4n) is 2.07. The topological polar surface area (TPSA) is 41.3 Å². The van der Waals surface area contributed by atoms with E-state index >= 15 is 0 Å². The van der Waals surface area contributed by atoms with Crippen LogP contribution < -0.4 is 11.1 Å². The Morgan fingerprint density at radius 2 is 1.88 bits per heavy atom. The molecular weight excluding hydrogens is 210 g/mol. The van der Waals surface area contributed by atoms with E-state index in [1.807, 2.05) is 6.08 Å². The van der Waals surface area contributed by atoms with Gasteiger partial charge >= 0.3 is 0 Å². The van der Waals surface area contributed by atoms with Gasteiger partial charge in [-0.2, -0.15) is 0 Å². The van der Waals surface area contributed by atoms with Gasteiger partial charge in [0.1, 0.15) is 0 Å². The van der Waals surface area contributed by atoms with Crippen molar-refractivity contribution in [3.8, 4) is 0 Å². The fourth-order valence-corrected chi connectivity index (χ4v) is 2.07. The van der Waals surface area contributed by atoms with Crippen molar-refractivity contribution < 1.29 is 0 Å². The third-order valence-electron chi connectivity index (χ3n) is 3.04. The zero-order valence-corrected chi connectivity index (χ0v) is 10.2. The van der Waals surface area contributed by atoms with Crippen LogP contribution in [0.5, 0.6) is 0 Å². The summed E-state index contributed by atoms with van der Waals surface area (Å²) in [4.78, 5) is 2.49. The Balaban J connectivity index is 1.90. The van der Waals surface area contributed by atoms with E-state index in [-0.39, 0.29) is 0 Å². The molecule has 0 aromatic heterocycles. The number of hydrogen-bond donors (Lipinski definition) is 2. The van der Waals surface area contributed by atoms with Crippen LogP contribution in [0, 0.1) is 0 Å². The smallest absolute Gasteiger partial charge is 0.0234 e. The van der Waals surface area contributed by atoms with E-state index in [0.29, 0.717) is 6.54 Å². The minimum absolute atomic E-state index is 0.600. The molecule has 3 nitrogen and oxygen atoms in total. The van der Waals surface area contributed by atoms with Gasteiger partial charge < -0.3 is 11.1 Å². The number of nitrogens with two attached hydrogens (primary N) is 1. The summed E-state index contributed by atoms with van der Waals surface area (Å²) in [6, 6.07) is 8.73. The highest BCUT2D eigenvalue weighted by molar-refractivity contribution is 5.49. The molecule has 0 saturated carbocycles. The minimum atomic E-state index is 0.600. The summed E-state index contributed by atoms with van der Waals surface area (Å²) >= 11 is 0. The Morgan fingerprint density at radius 1 is 1.18 bits per heavy atom. The molecule has 0 radical (unpaired) electrons. The van der Waals surface area contributed by atoms with Gasteiger partial charge in [0.2, 0.25) is 0 Å². The fraction of sp³-hybridized carbons (Fsp3) is 0.429. The van der Waals surface area contributed by atoms with Crippen molar-refractivity contribution in [1.29, 1.82) is 0 Å². The first-order valence-corrected chi connectivity index (χ1v) is 6.27. The lowest BCUT2D eigenvalue weighted by Crippen LogP contribution is -2.42. The quantitative estimate of drug-likeness (QED) is 0.814. The van der Waals surface area contributed by atoms with E-state index in [1.54, 1.807) is 0 Å². The van der Waals surface area contributed by atoms with E-state index in [0.717, 1.165) is 32.7 Å². The second-order valence-corrected chi connectivity index (χ2v) is 4.41. The third-order valence-corrected chi connectivity index (χ3v) is 3.04. The molecule has 1 fully saturated rings. The summed E-state index contributed by atoms with van der Waals surface area (Å²) in [7, 11) is 0. The monoisotopic (exact) mass is 231 g/mol. The van der Waals surface area contributed by atoms with Crippen molar-refractivity contribution in [3.05, 3.63) is 41.5 Å². The maximum Gasteiger partial charge on any atom is 0.0234 e. The zero-order valence-electron chi connectivity index (χ0n) is 10.2. The number of nitrogens with one attached hydrogen (secondary N) is 1. The van der Waals surface area contributed by atoms with Gasteiger partial charge in [0, 0.05) is 39.3 Å². The first-order valence-electron chi connectivity index (χ1n) is 6.27. The van der Waals surface area contributed by atoms with Gasteiger partial charge in [-0.25, -0.2) is 0 Å². The van der Waals surface area contributed by atoms with E-state index in [1.165, 1.54) is 11.1 Å². The summed E-state index contributed by atoms with van der Waals surface area (Å²) < 4.78 is 0. The molecule has 3 heteroatoms. The first-order chi connectivity index (χ1) is 8.38. The van der Waals surface area contributed by atoms with Gasteiger partial charge in [-0.15, -0.1) is 0 Å². The number of nitrogens with zero attached hydrogens (tertiary/aromatic N) is 1. The van der Waals surface area contributed by atoms with E-state index in [9.17, 15) is 0 Å². The molecule has 0 unspecified atom stereocenters. The molecular formula is C14H21N3. The Kier molecular flexibility index (Phi) is 4.74. The second kappa shape index (κ2) is 6.55. The lowest BCUT2D eigenvalue weighted by molar-refractivity contribution is 0.233. The van der Waals surface area contributed by atoms with Gasteiger partial charge in [-0.1, -0.05) is 36.4 Å². The summed E-state index contributed by atoms with van der Waals surface area (Å²) in [5, 5.41) is 3.37. The molecule has 1 aliphatic rings. The molecule has 1 aromatic rings. The summed E-state index contributed by atoms with van der Waals surface area (Å²) in [6.45, 7) is 6.17. The molecule has 1 saturated heterocycles. The Labute approximate surface area is 103 Å². The normalized spacial score (nSPS) is 17.7. The lowest BCUT2D eigenvalue weighted by atomic mass is 10.1. The molecule has 1 aromatic carbocycles. The summed E-state index contributed by atoms with van der Waals surface area (Å²) in [5.41, 5.74) is 8.04. The van der Waals surface area contributed by atoms with Crippen LogP contribution in [0.1, 0.15) is 11.1 Å². The average Bonchev–Trinajstić information content (AvgIpc) is 2.39. The summed E-state index contributed by atoms with van der Waals surface area (Å²) in [6.07, 6.45) is 4.04. The van der Waals surface area contributed by atoms with Gasteiger partial charge in [-0.05, 0) is 11.1 Å². The molecule has 0 spiro atoms. The minimum Gasteiger partial charge on any atom is -0.327 e. The molecule has 1 aliphatic heterocycles. The SMILES string of the molecule is NC/C=C/c1ccc(CN2CCNCC2)cc1. The van der Waals surface area contributed by atoms with Crippen LogP contribution in [0.4, 0.5) is 0 Å². The van der Waals surface area contributed by atoms with Crippen molar-refractivity contribution in [3.63, 3.8) is 0 Å². The van der Waals surface area contributed by atoms with Crippen LogP contribution in [-0.4, -0.2) is 37.6 Å². The molecule has 0 amide bonds. The third kappa shape index (κ3) is 3.97. The van der Waals surface area contributed by atoms with Gasteiger partial charge in [0.25, 0.3) is 0 Å². The van der Waals surface area contributed by atoms with E-state index in [4.69, 9.17) is 5.73 Å². The van der Waals surface area contributed by atoms with Crippen molar-refractivity contribution in [2.45, 2.75) is 6.54 Å². The van der Waals surface area contributed by atoms with Crippen LogP contribution in [0.25, 0.3) is 6.08 Å². The molecule has 2 rings (SSSR count). The predicted molar refractivity (Wildman–Crippen MR) is 72.7 cm³/mol. The highest BCUT2D eigenvalue weighted by atomic mass is 15.2. The first kappa shape index (κ1) is 12.3. The standard InChI is InChI=1S/C14H21N3/c15-7-1-2-13-3-5-14(6-4-13)12-17-10-8-16-9-11-17/h1-6,16H,7-12,15H2/b2-1+. The highest BCUT2D eigenvalue weighted by Crippen LogP contribution is 2.09. The zero-order chi connectivity index (χ0) is 11.9. The average molecular weight is 231 g/mol. The summed E-state index contributed by atoms with van der Waals surface area (Å²) in [5.74, 6) is 0. The van der Waals surface area contributed by atoms with Crippen LogP contribution in [0.2, 0.25) is 0 Å². The maximum atomic E-state index is 5.43. The van der Waals surface area contributed by atoms with Crippen molar-refractivity contribution in [2.75, 3.05) is 32.7 Å². The Bertz CT molecular complexity index is 350. The molecule has 0 atom stereocenters. The number of hydrogen-bond acceptors (Lipinski definition) is 3. The van der Waals surface area contributed by atoms with Crippen LogP contribution in [0.15, 0.2) is 30.3 Å². The Morgan fingerprint density at radius 3 is 2.53 bits per heavy atom. The van der Waals surface area contributed by atoms with Gasteiger partial charge in [0.15, 0.2) is 0 Å². The molecule has 1 heterocycles. The second-order valence-electron chi connectivity index (χ2n) is 4.41. The van der Waals surface area contributed by atoms with E-state index in [2.05, 4.69) is 40.6 Å². The molecule has 17 heavy (non-hydrogen) atoms. The largest absolute Gasteiger partial charge is 0.327 e. The van der Waals surface area contributed by atoms with Crippen molar-refractivity contribution in [2.24, 2.45) is 5.73 Å². The number of rotatable bonds is 4. The molecule has 3 N–H and O–H groups in total. The number of piperazine rings is 1. The lowest BCUT2D eigenvalue weighted by Gasteiger charge is -2.27. The Hall–Kier alpha value is -1.16. The molecule has 92 valence electrons. The predicted octanol–water partition coefficient (Wildman–Crippen LogP) is 1.06. The van der Waals surface area contributed by atoms with Crippen LogP contribution in [-0.2, 0) is 6.54 Å². The molecule has 0 bridgehead atoms. The van der Waals surface area contributed by atoms with Crippen LogP contribution >= 0.6 is 0 Å². The van der Waals surface area contributed by atoms with Crippen molar-refractivity contribution >= 4 is 6.08 Å². The van der Waals surface area contributed by atoms with Crippen LogP contribution in [0.3, 0.4) is 0 Å². The highest BCUT2D eigenvalue weighted by Gasteiger charge is 2.09.